The lowest BCUT2D eigenvalue weighted by Gasteiger charge is -2.06. The molecule has 174 valence electrons. The van der Waals surface area contributed by atoms with Crippen LogP contribution in [-0.2, 0) is 5.75 Å². The topological polar surface area (TPSA) is 146 Å². The maximum atomic E-state index is 12.8. The highest BCUT2D eigenvalue weighted by molar-refractivity contribution is 7.98. The lowest BCUT2D eigenvalue weighted by Crippen LogP contribution is -2.20. The van der Waals surface area contributed by atoms with Crippen LogP contribution in [0, 0.1) is 0 Å². The lowest BCUT2D eigenvalue weighted by atomic mass is 10.2. The third kappa shape index (κ3) is 5.53. The Morgan fingerprint density at radius 1 is 1.24 bits per heavy atom. The van der Waals surface area contributed by atoms with E-state index in [1.165, 1.54) is 22.7 Å². The summed E-state index contributed by atoms with van der Waals surface area (Å²) in [6.45, 7) is 2.50. The third-order valence-corrected chi connectivity index (χ3v) is 5.71. The van der Waals surface area contributed by atoms with E-state index in [4.69, 9.17) is 22.1 Å². The number of halogens is 1. The van der Waals surface area contributed by atoms with Crippen LogP contribution in [0.1, 0.15) is 28.7 Å². The summed E-state index contributed by atoms with van der Waals surface area (Å²) in [6.07, 6.45) is 1.51. The van der Waals surface area contributed by atoms with E-state index >= 15 is 0 Å². The summed E-state index contributed by atoms with van der Waals surface area (Å²) in [5.41, 5.74) is 9.58. The summed E-state index contributed by atoms with van der Waals surface area (Å²) < 4.78 is 11.4. The van der Waals surface area contributed by atoms with Crippen molar-refractivity contribution in [2.24, 2.45) is 5.10 Å². The first-order chi connectivity index (χ1) is 16.5. The maximum Gasteiger partial charge on any atom is 0.293 e. The number of ether oxygens (including phenoxy) is 1. The van der Waals surface area contributed by atoms with Gasteiger partial charge in [-0.15, -0.1) is 16.9 Å². The van der Waals surface area contributed by atoms with Crippen LogP contribution in [-0.4, -0.2) is 44.0 Å². The van der Waals surface area contributed by atoms with E-state index < -0.39 is 5.91 Å². The van der Waals surface area contributed by atoms with E-state index in [2.05, 4.69) is 35.8 Å². The van der Waals surface area contributed by atoms with Crippen molar-refractivity contribution in [1.29, 1.82) is 0 Å². The molecule has 0 spiro atoms. The fraction of sp³-hybridized carbons (Fsp3) is 0.143. The number of thioether (sulfide) groups is 1. The predicted molar refractivity (Wildman–Crippen MR) is 127 cm³/mol. The van der Waals surface area contributed by atoms with Crippen LogP contribution in [0.2, 0.25) is 5.02 Å². The molecule has 0 atom stereocenters. The van der Waals surface area contributed by atoms with E-state index in [-0.39, 0.29) is 17.3 Å². The first-order valence-electron chi connectivity index (χ1n) is 10.0. The second-order valence-electron chi connectivity index (χ2n) is 6.71. The number of anilines is 1. The van der Waals surface area contributed by atoms with Crippen LogP contribution in [0.3, 0.4) is 0 Å². The van der Waals surface area contributed by atoms with E-state index in [1.807, 2.05) is 43.3 Å². The molecule has 34 heavy (non-hydrogen) atoms. The zero-order chi connectivity index (χ0) is 23.9. The van der Waals surface area contributed by atoms with Crippen LogP contribution < -0.4 is 15.9 Å². The first-order valence-corrected chi connectivity index (χ1v) is 11.4. The van der Waals surface area contributed by atoms with Gasteiger partial charge in [-0.2, -0.15) is 9.78 Å². The summed E-state index contributed by atoms with van der Waals surface area (Å²) in [5.74, 6) is 0.686. The molecule has 0 aliphatic carbocycles. The number of aromatic nitrogens is 5. The number of amides is 1. The van der Waals surface area contributed by atoms with Crippen LogP contribution >= 0.6 is 23.4 Å². The fourth-order valence-electron chi connectivity index (χ4n) is 2.83. The molecular formula is C21H19ClN8O3S. The predicted octanol–water partition coefficient (Wildman–Crippen LogP) is 3.34. The molecule has 0 fully saturated rings. The molecule has 4 rings (SSSR count). The van der Waals surface area contributed by atoms with Crippen molar-refractivity contribution in [2.45, 2.75) is 17.6 Å². The molecule has 2 aromatic carbocycles. The number of nitrogen functional groups attached to an aromatic ring is 1. The zero-order valence-corrected chi connectivity index (χ0v) is 19.5. The number of carbonyl (C=O) groups excluding carboxylic acids is 1. The van der Waals surface area contributed by atoms with Gasteiger partial charge in [-0.25, -0.2) is 10.1 Å². The highest BCUT2D eigenvalue weighted by atomic mass is 35.5. The minimum Gasteiger partial charge on any atom is -0.494 e. The number of benzene rings is 2. The van der Waals surface area contributed by atoms with Gasteiger partial charge in [0.1, 0.15) is 5.75 Å². The van der Waals surface area contributed by atoms with Crippen molar-refractivity contribution < 1.29 is 14.2 Å². The van der Waals surface area contributed by atoms with Crippen molar-refractivity contribution in [3.63, 3.8) is 0 Å². The van der Waals surface area contributed by atoms with Gasteiger partial charge in [0.2, 0.25) is 11.6 Å². The van der Waals surface area contributed by atoms with Gasteiger partial charge in [0, 0.05) is 15.7 Å². The number of nitrogens with zero attached hydrogens (tertiary/aromatic N) is 6. The molecule has 11 nitrogen and oxygen atoms in total. The summed E-state index contributed by atoms with van der Waals surface area (Å²) >= 11 is 7.41. The molecule has 1 amide bonds. The van der Waals surface area contributed by atoms with Crippen molar-refractivity contribution in [1.82, 2.24) is 30.7 Å². The largest absolute Gasteiger partial charge is 0.494 e. The number of carbonyl (C=O) groups is 1. The SMILES string of the molecule is CCOc1ccc(C=NNC(=O)c2nnn(-c3nonc3N)c2CSc2ccc(Cl)cc2)cc1. The van der Waals surface area contributed by atoms with Gasteiger partial charge < -0.3 is 10.5 Å². The van der Waals surface area contributed by atoms with Gasteiger partial charge in [-0.05, 0) is 71.3 Å². The highest BCUT2D eigenvalue weighted by Gasteiger charge is 2.24. The average Bonchev–Trinajstić information content (AvgIpc) is 3.45. The van der Waals surface area contributed by atoms with Crippen LogP contribution in [0.4, 0.5) is 5.82 Å². The van der Waals surface area contributed by atoms with E-state index in [0.29, 0.717) is 23.1 Å². The number of nitrogens with one attached hydrogen (secondary N) is 1. The van der Waals surface area contributed by atoms with E-state index in [9.17, 15) is 4.79 Å². The van der Waals surface area contributed by atoms with Gasteiger partial charge in [0.05, 0.1) is 18.5 Å². The minimum atomic E-state index is -0.546. The molecule has 4 aromatic rings. The van der Waals surface area contributed by atoms with E-state index in [0.717, 1.165) is 16.2 Å². The Morgan fingerprint density at radius 3 is 2.68 bits per heavy atom. The lowest BCUT2D eigenvalue weighted by molar-refractivity contribution is 0.0949. The summed E-state index contributed by atoms with van der Waals surface area (Å²) in [5, 5.41) is 20.0. The first kappa shape index (κ1) is 23.3. The Kier molecular flexibility index (Phi) is 7.40. The molecule has 2 aromatic heterocycles. The van der Waals surface area contributed by atoms with Crippen molar-refractivity contribution >= 4 is 41.3 Å². The van der Waals surface area contributed by atoms with Crippen LogP contribution in [0.5, 0.6) is 5.75 Å². The normalized spacial score (nSPS) is 11.1. The number of hydrogen-bond donors (Lipinski definition) is 2. The second kappa shape index (κ2) is 10.8. The van der Waals surface area contributed by atoms with Gasteiger partial charge in [0.25, 0.3) is 5.91 Å². The molecule has 3 N–H and O–H groups in total. The molecule has 0 bridgehead atoms. The van der Waals surface area contributed by atoms with Gasteiger partial charge in [0.15, 0.2) is 5.69 Å². The molecule has 0 unspecified atom stereocenters. The Hall–Kier alpha value is -3.90. The molecule has 2 heterocycles. The Balaban J connectivity index is 1.52. The summed E-state index contributed by atoms with van der Waals surface area (Å²) in [7, 11) is 0. The standard InChI is InChI=1S/C21H19ClN8O3S/c1-2-32-15-7-3-13(4-8-15)11-24-26-21(31)18-17(12-34-16-9-5-14(22)6-10-16)30(29-25-18)20-19(23)27-33-28-20/h3-11H,2,12H2,1H3,(H2,23,27)(H,26,31). The molecule has 13 heteroatoms. The summed E-state index contributed by atoms with van der Waals surface area (Å²) in [4.78, 5) is 13.8. The molecule has 0 aliphatic rings. The quantitative estimate of drug-likeness (QED) is 0.201. The maximum absolute atomic E-state index is 12.8. The zero-order valence-electron chi connectivity index (χ0n) is 17.9. The molecule has 0 radical (unpaired) electrons. The van der Waals surface area contributed by atoms with Crippen LogP contribution in [0.15, 0.2) is 63.2 Å². The summed E-state index contributed by atoms with van der Waals surface area (Å²) in [6, 6.07) is 14.6. The smallest absolute Gasteiger partial charge is 0.293 e. The average molecular weight is 499 g/mol. The molecule has 0 aliphatic heterocycles. The molecule has 0 saturated carbocycles. The van der Waals surface area contributed by atoms with Crippen molar-refractivity contribution in [3.8, 4) is 11.6 Å². The number of hydrazone groups is 1. The van der Waals surface area contributed by atoms with Crippen LogP contribution in [0.25, 0.3) is 5.82 Å². The Bertz CT molecular complexity index is 1290. The number of nitrogens with two attached hydrogens (primary N) is 1. The highest BCUT2D eigenvalue weighted by Crippen LogP contribution is 2.27. The molecule has 0 saturated heterocycles. The van der Waals surface area contributed by atoms with Crippen molar-refractivity contribution in [2.75, 3.05) is 12.3 Å². The number of rotatable bonds is 9. The minimum absolute atomic E-state index is 0.0168. The Morgan fingerprint density at radius 2 is 2.00 bits per heavy atom. The van der Waals surface area contributed by atoms with Crippen molar-refractivity contribution in [3.05, 3.63) is 70.5 Å². The third-order valence-electron chi connectivity index (χ3n) is 4.43. The fourth-order valence-corrected chi connectivity index (χ4v) is 3.85. The molecular weight excluding hydrogens is 480 g/mol. The Labute approximate surface area is 203 Å². The van der Waals surface area contributed by atoms with E-state index in [1.54, 1.807) is 12.1 Å². The van der Waals surface area contributed by atoms with Gasteiger partial charge in [-0.3, -0.25) is 4.79 Å². The van der Waals surface area contributed by atoms with Gasteiger partial charge in [-0.1, -0.05) is 16.8 Å². The second-order valence-corrected chi connectivity index (χ2v) is 8.20. The van der Waals surface area contributed by atoms with Gasteiger partial charge >= 0.3 is 0 Å². The number of hydrogen-bond acceptors (Lipinski definition) is 10. The monoisotopic (exact) mass is 498 g/mol.